The fourth-order valence-electron chi connectivity index (χ4n) is 5.42. The van der Waals surface area contributed by atoms with Gasteiger partial charge in [0.2, 0.25) is 0 Å². The summed E-state index contributed by atoms with van der Waals surface area (Å²) in [6.07, 6.45) is 37.4. The number of hydrogen-bond acceptors (Lipinski definition) is 6. The van der Waals surface area contributed by atoms with Crippen LogP contribution in [-0.2, 0) is 28.6 Å². The van der Waals surface area contributed by atoms with Crippen LogP contribution in [0.2, 0.25) is 0 Å². The van der Waals surface area contributed by atoms with Gasteiger partial charge < -0.3 is 14.2 Å². The molecule has 0 aromatic carbocycles. The van der Waals surface area contributed by atoms with Crippen molar-refractivity contribution in [2.24, 2.45) is 0 Å². The summed E-state index contributed by atoms with van der Waals surface area (Å²) in [5, 5.41) is 0. The maximum atomic E-state index is 12.6. The highest BCUT2D eigenvalue weighted by atomic mass is 16.6. The molecule has 0 aromatic rings. The summed E-state index contributed by atoms with van der Waals surface area (Å²) in [6.45, 7) is 6.50. The van der Waals surface area contributed by atoms with Gasteiger partial charge in [0.15, 0.2) is 6.10 Å². The molecule has 0 bridgehead atoms. The van der Waals surface area contributed by atoms with Crippen molar-refractivity contribution in [3.05, 3.63) is 24.3 Å². The van der Waals surface area contributed by atoms with Crippen LogP contribution in [0.4, 0.5) is 0 Å². The van der Waals surface area contributed by atoms with Gasteiger partial charge in [-0.25, -0.2) is 0 Å². The molecule has 47 heavy (non-hydrogen) atoms. The zero-order valence-corrected chi connectivity index (χ0v) is 31.0. The second-order valence-corrected chi connectivity index (χ2v) is 13.2. The molecule has 0 heterocycles. The summed E-state index contributed by atoms with van der Waals surface area (Å²) in [5.41, 5.74) is 0. The molecule has 0 aromatic heterocycles. The lowest BCUT2D eigenvalue weighted by Gasteiger charge is -2.18. The monoisotopic (exact) mass is 663 g/mol. The van der Waals surface area contributed by atoms with Gasteiger partial charge in [-0.2, -0.15) is 0 Å². The van der Waals surface area contributed by atoms with Crippen LogP contribution in [0.1, 0.15) is 201 Å². The number of rotatable bonds is 35. The maximum Gasteiger partial charge on any atom is 0.306 e. The van der Waals surface area contributed by atoms with E-state index in [0.717, 1.165) is 70.6 Å². The van der Waals surface area contributed by atoms with E-state index in [4.69, 9.17) is 14.2 Å². The SMILES string of the molecule is CCCC/C=C\C=C/CCCCCC(=O)OCC(COC(=O)CCCCCCCCCCC)OC(=O)CCCCCCCCCCC. The van der Waals surface area contributed by atoms with Gasteiger partial charge in [0.1, 0.15) is 13.2 Å². The van der Waals surface area contributed by atoms with Crippen LogP contribution in [0.15, 0.2) is 24.3 Å². The first kappa shape index (κ1) is 44.9. The number of ether oxygens (including phenoxy) is 3. The van der Waals surface area contributed by atoms with Crippen molar-refractivity contribution in [2.45, 2.75) is 207 Å². The molecule has 0 saturated carbocycles. The zero-order chi connectivity index (χ0) is 34.5. The first-order valence-corrected chi connectivity index (χ1v) is 19.9. The topological polar surface area (TPSA) is 78.9 Å². The molecule has 0 aliphatic heterocycles. The largest absolute Gasteiger partial charge is 0.462 e. The van der Waals surface area contributed by atoms with Gasteiger partial charge in [-0.05, 0) is 38.5 Å². The van der Waals surface area contributed by atoms with Crippen molar-refractivity contribution in [1.82, 2.24) is 0 Å². The Morgan fingerprint density at radius 3 is 1.19 bits per heavy atom. The summed E-state index contributed by atoms with van der Waals surface area (Å²) in [7, 11) is 0. The number of carbonyl (C=O) groups is 3. The van der Waals surface area contributed by atoms with Gasteiger partial charge in [0.25, 0.3) is 0 Å². The van der Waals surface area contributed by atoms with Crippen molar-refractivity contribution >= 4 is 17.9 Å². The fraction of sp³-hybridized carbons (Fsp3) is 0.829. The Morgan fingerprint density at radius 1 is 0.426 bits per heavy atom. The molecule has 0 saturated heterocycles. The van der Waals surface area contributed by atoms with E-state index in [9.17, 15) is 14.4 Å². The van der Waals surface area contributed by atoms with Crippen LogP contribution < -0.4 is 0 Å². The summed E-state index contributed by atoms with van der Waals surface area (Å²) >= 11 is 0. The molecule has 0 rings (SSSR count). The van der Waals surface area contributed by atoms with Crippen LogP contribution in [0.25, 0.3) is 0 Å². The van der Waals surface area contributed by atoms with Crippen molar-refractivity contribution in [2.75, 3.05) is 13.2 Å². The van der Waals surface area contributed by atoms with Gasteiger partial charge in [0, 0.05) is 19.3 Å². The Labute approximate surface area is 290 Å². The van der Waals surface area contributed by atoms with Crippen molar-refractivity contribution in [3.63, 3.8) is 0 Å². The number of esters is 3. The molecular weight excluding hydrogens is 588 g/mol. The quantitative estimate of drug-likeness (QED) is 0.0291. The molecule has 6 nitrogen and oxygen atoms in total. The van der Waals surface area contributed by atoms with E-state index >= 15 is 0 Å². The lowest BCUT2D eigenvalue weighted by atomic mass is 10.1. The Bertz CT molecular complexity index is 774. The first-order chi connectivity index (χ1) is 23.0. The van der Waals surface area contributed by atoms with Crippen molar-refractivity contribution < 1.29 is 28.6 Å². The zero-order valence-electron chi connectivity index (χ0n) is 31.0. The molecule has 0 radical (unpaired) electrons. The maximum absolute atomic E-state index is 12.6. The number of allylic oxidation sites excluding steroid dienone is 4. The highest BCUT2D eigenvalue weighted by Gasteiger charge is 2.19. The van der Waals surface area contributed by atoms with E-state index in [-0.39, 0.29) is 31.1 Å². The second-order valence-electron chi connectivity index (χ2n) is 13.2. The molecule has 274 valence electrons. The molecule has 0 aliphatic carbocycles. The van der Waals surface area contributed by atoms with Crippen LogP contribution >= 0.6 is 0 Å². The van der Waals surface area contributed by atoms with Gasteiger partial charge in [0.05, 0.1) is 0 Å². The smallest absolute Gasteiger partial charge is 0.306 e. The van der Waals surface area contributed by atoms with Crippen molar-refractivity contribution in [1.29, 1.82) is 0 Å². The molecule has 6 heteroatoms. The Hall–Kier alpha value is -2.11. The minimum absolute atomic E-state index is 0.0771. The highest BCUT2D eigenvalue weighted by Crippen LogP contribution is 2.13. The molecule has 0 N–H and O–H groups in total. The molecular formula is C41H74O6. The van der Waals surface area contributed by atoms with E-state index in [2.05, 4.69) is 45.1 Å². The molecule has 1 atom stereocenters. The molecule has 0 aliphatic rings. The lowest BCUT2D eigenvalue weighted by Crippen LogP contribution is -2.30. The molecule has 0 amide bonds. The summed E-state index contributed by atoms with van der Waals surface area (Å²) in [5.74, 6) is -0.914. The lowest BCUT2D eigenvalue weighted by molar-refractivity contribution is -0.167. The molecule has 1 unspecified atom stereocenters. The Balaban J connectivity index is 4.40. The van der Waals surface area contributed by atoms with Crippen molar-refractivity contribution in [3.8, 4) is 0 Å². The Kier molecular flexibility index (Phi) is 35.1. The predicted octanol–water partition coefficient (Wildman–Crippen LogP) is 12.1. The normalized spacial score (nSPS) is 12.1. The van der Waals surface area contributed by atoms with Crippen LogP contribution in [-0.4, -0.2) is 37.2 Å². The van der Waals surface area contributed by atoms with E-state index in [0.29, 0.717) is 19.3 Å². The van der Waals surface area contributed by atoms with Gasteiger partial charge >= 0.3 is 17.9 Å². The first-order valence-electron chi connectivity index (χ1n) is 19.9. The van der Waals surface area contributed by atoms with E-state index in [1.165, 1.54) is 89.9 Å². The standard InChI is InChI=1S/C41H74O6/c1-4-7-10-13-16-19-20-23-25-28-31-34-40(43)46-37-38(47-41(44)35-32-29-26-22-18-15-12-9-6-3)36-45-39(42)33-30-27-24-21-17-14-11-8-5-2/h13,16,19-20,38H,4-12,14-15,17-18,21-37H2,1-3H3/b16-13-,20-19-. The summed E-state index contributed by atoms with van der Waals surface area (Å²) < 4.78 is 16.5. The predicted molar refractivity (Wildman–Crippen MR) is 196 cm³/mol. The van der Waals surface area contributed by atoms with Crippen LogP contribution in [0.3, 0.4) is 0 Å². The summed E-state index contributed by atoms with van der Waals surface area (Å²) in [6, 6.07) is 0. The molecule has 0 spiro atoms. The number of carbonyl (C=O) groups excluding carboxylic acids is 3. The third-order valence-electron chi connectivity index (χ3n) is 8.49. The third kappa shape index (κ3) is 35.0. The number of hydrogen-bond donors (Lipinski definition) is 0. The van der Waals surface area contributed by atoms with Gasteiger partial charge in [-0.15, -0.1) is 0 Å². The number of unbranched alkanes of at least 4 members (excludes halogenated alkanes) is 21. The molecule has 0 fully saturated rings. The fourth-order valence-corrected chi connectivity index (χ4v) is 5.42. The average Bonchev–Trinajstić information content (AvgIpc) is 3.06. The van der Waals surface area contributed by atoms with E-state index in [1.54, 1.807) is 0 Å². The second kappa shape index (κ2) is 36.7. The highest BCUT2D eigenvalue weighted by molar-refractivity contribution is 5.71. The summed E-state index contributed by atoms with van der Waals surface area (Å²) in [4.78, 5) is 37.4. The van der Waals surface area contributed by atoms with Crippen LogP contribution in [0.5, 0.6) is 0 Å². The van der Waals surface area contributed by atoms with E-state index in [1.807, 2.05) is 0 Å². The average molecular weight is 663 g/mol. The Morgan fingerprint density at radius 2 is 0.766 bits per heavy atom. The van der Waals surface area contributed by atoms with Gasteiger partial charge in [-0.1, -0.05) is 167 Å². The van der Waals surface area contributed by atoms with Gasteiger partial charge in [-0.3, -0.25) is 14.4 Å². The third-order valence-corrected chi connectivity index (χ3v) is 8.49. The van der Waals surface area contributed by atoms with Crippen LogP contribution in [0, 0.1) is 0 Å². The van der Waals surface area contributed by atoms with E-state index < -0.39 is 6.10 Å². The minimum atomic E-state index is -0.771. The minimum Gasteiger partial charge on any atom is -0.462 e.